The topological polar surface area (TPSA) is 52.6 Å². The Hall–Kier alpha value is -1.82. The average molecular weight is 413 g/mol. The van der Waals surface area contributed by atoms with Crippen LogP contribution in [0.4, 0.5) is 4.39 Å². The molecule has 0 aromatic heterocycles. The number of carbonyl (C=O) groups excluding carboxylic acids is 1. The Bertz CT molecular complexity index is 833. The summed E-state index contributed by atoms with van der Waals surface area (Å²) in [6.45, 7) is 4.21. The second kappa shape index (κ2) is 8.91. The maximum absolute atomic E-state index is 14.0. The van der Waals surface area contributed by atoms with Crippen molar-refractivity contribution in [3.63, 3.8) is 0 Å². The van der Waals surface area contributed by atoms with Crippen LogP contribution in [0.25, 0.3) is 0 Å². The molecular weight excluding hydrogens is 390 g/mol. The minimum absolute atomic E-state index is 0.0123. The molecule has 0 saturated carbocycles. The van der Waals surface area contributed by atoms with E-state index < -0.39 is 11.7 Å². The second-order valence-corrected chi connectivity index (χ2v) is 7.65. The molecule has 1 unspecified atom stereocenters. The minimum atomic E-state index is -0.714. The van der Waals surface area contributed by atoms with Gasteiger partial charge in [-0.1, -0.05) is 23.2 Å². The van der Waals surface area contributed by atoms with E-state index in [1.807, 2.05) is 32.8 Å². The Morgan fingerprint density at radius 3 is 2.26 bits per heavy atom. The second-order valence-electron chi connectivity index (χ2n) is 6.84. The molecule has 7 heteroatoms. The summed E-state index contributed by atoms with van der Waals surface area (Å²) in [4.78, 5) is 14.4. The number of hydrogen-bond acceptors (Lipinski definition) is 3. The molecule has 4 nitrogen and oxygen atoms in total. The highest BCUT2D eigenvalue weighted by atomic mass is 35.5. The van der Waals surface area contributed by atoms with E-state index in [9.17, 15) is 14.3 Å². The highest BCUT2D eigenvalue weighted by Crippen LogP contribution is 2.25. The largest absolute Gasteiger partial charge is 0.508 e. The van der Waals surface area contributed by atoms with Crippen molar-refractivity contribution in [1.82, 2.24) is 10.2 Å². The van der Waals surface area contributed by atoms with Gasteiger partial charge in [-0.25, -0.2) is 4.39 Å². The molecule has 146 valence electrons. The molecule has 0 spiro atoms. The molecule has 0 saturated heterocycles. The summed E-state index contributed by atoms with van der Waals surface area (Å²) in [5.74, 6) is -1.02. The van der Waals surface area contributed by atoms with Crippen LogP contribution in [-0.4, -0.2) is 42.6 Å². The zero-order valence-corrected chi connectivity index (χ0v) is 17.2. The third-order valence-corrected chi connectivity index (χ3v) is 5.33. The summed E-state index contributed by atoms with van der Waals surface area (Å²) in [7, 11) is 3.84. The molecule has 1 atom stereocenters. The first-order chi connectivity index (χ1) is 12.6. The molecule has 2 N–H and O–H groups in total. The summed E-state index contributed by atoms with van der Waals surface area (Å²) in [6, 6.07) is 5.69. The Balaban J connectivity index is 2.14. The van der Waals surface area contributed by atoms with Gasteiger partial charge >= 0.3 is 0 Å². The average Bonchev–Trinajstić information content (AvgIpc) is 2.56. The quantitative estimate of drug-likeness (QED) is 0.693. The van der Waals surface area contributed by atoms with E-state index in [1.54, 1.807) is 12.1 Å². The van der Waals surface area contributed by atoms with Gasteiger partial charge in [0.25, 0.3) is 5.91 Å². The lowest BCUT2D eigenvalue weighted by molar-refractivity contribution is 0.0937. The molecular formula is C20H23Cl2FN2O2. The van der Waals surface area contributed by atoms with E-state index >= 15 is 0 Å². The summed E-state index contributed by atoms with van der Waals surface area (Å²) >= 11 is 11.7. The van der Waals surface area contributed by atoms with Gasteiger partial charge in [0, 0.05) is 12.6 Å². The maximum Gasteiger partial charge on any atom is 0.254 e. The van der Waals surface area contributed by atoms with Gasteiger partial charge in [0.05, 0.1) is 15.6 Å². The van der Waals surface area contributed by atoms with Crippen molar-refractivity contribution in [2.75, 3.05) is 20.6 Å². The van der Waals surface area contributed by atoms with Gasteiger partial charge in [0.15, 0.2) is 0 Å². The fraction of sp³-hybridized carbons (Fsp3) is 0.350. The monoisotopic (exact) mass is 412 g/mol. The summed E-state index contributed by atoms with van der Waals surface area (Å²) in [6.07, 6.45) is 0.676. The van der Waals surface area contributed by atoms with Gasteiger partial charge in [-0.2, -0.15) is 0 Å². The van der Waals surface area contributed by atoms with Crippen molar-refractivity contribution in [1.29, 1.82) is 0 Å². The van der Waals surface area contributed by atoms with Crippen LogP contribution in [0.15, 0.2) is 24.3 Å². The number of nitrogens with one attached hydrogen (secondary N) is 1. The number of aromatic hydroxyl groups is 1. The van der Waals surface area contributed by atoms with Gasteiger partial charge in [-0.15, -0.1) is 0 Å². The number of aryl methyl sites for hydroxylation is 2. The highest BCUT2D eigenvalue weighted by molar-refractivity contribution is 6.42. The normalized spacial score (nSPS) is 12.3. The smallest absolute Gasteiger partial charge is 0.254 e. The number of phenols is 1. The SMILES string of the molecule is Cc1cc(O)cc(C)c1CC(CNC(=O)c1cc(Cl)c(Cl)cc1F)N(C)C. The lowest BCUT2D eigenvalue weighted by Gasteiger charge is -2.26. The first-order valence-electron chi connectivity index (χ1n) is 8.48. The van der Waals surface area contributed by atoms with Gasteiger partial charge < -0.3 is 15.3 Å². The summed E-state index contributed by atoms with van der Waals surface area (Å²) in [5.41, 5.74) is 2.95. The van der Waals surface area contributed by atoms with Crippen molar-refractivity contribution < 1.29 is 14.3 Å². The number of phenolic OH excluding ortho intramolecular Hbond substituents is 1. The molecule has 0 radical (unpaired) electrons. The first kappa shape index (κ1) is 21.5. The van der Waals surface area contributed by atoms with Gasteiger partial charge in [-0.3, -0.25) is 4.79 Å². The maximum atomic E-state index is 14.0. The third-order valence-electron chi connectivity index (χ3n) is 4.60. The van der Waals surface area contributed by atoms with E-state index in [4.69, 9.17) is 23.2 Å². The summed E-state index contributed by atoms with van der Waals surface area (Å²) in [5, 5.41) is 12.7. The molecule has 1 amide bonds. The fourth-order valence-electron chi connectivity index (χ4n) is 2.97. The van der Waals surface area contributed by atoms with Crippen LogP contribution in [0.1, 0.15) is 27.0 Å². The highest BCUT2D eigenvalue weighted by Gasteiger charge is 2.19. The molecule has 2 rings (SSSR count). The molecule has 2 aromatic carbocycles. The number of hydrogen-bond donors (Lipinski definition) is 2. The van der Waals surface area contributed by atoms with Crippen molar-refractivity contribution >= 4 is 29.1 Å². The van der Waals surface area contributed by atoms with Gasteiger partial charge in [0.2, 0.25) is 0 Å². The van der Waals surface area contributed by atoms with Crippen LogP contribution >= 0.6 is 23.2 Å². The molecule has 0 aliphatic rings. The Labute approximate surface area is 168 Å². The number of rotatable bonds is 6. The standard InChI is InChI=1S/C20H23Cl2FN2O2/c1-11-5-14(26)6-12(2)15(11)7-13(25(3)4)10-24-20(27)16-8-17(21)18(22)9-19(16)23/h5-6,8-9,13,26H,7,10H2,1-4H3,(H,24,27). The van der Waals surface area contributed by atoms with Gasteiger partial charge in [0.1, 0.15) is 11.6 Å². The molecule has 27 heavy (non-hydrogen) atoms. The number of carbonyl (C=O) groups is 1. The van der Waals surface area contributed by atoms with Crippen LogP contribution in [0.5, 0.6) is 5.75 Å². The van der Waals surface area contributed by atoms with Crippen molar-refractivity contribution in [2.45, 2.75) is 26.3 Å². The van der Waals surface area contributed by atoms with Crippen molar-refractivity contribution in [3.8, 4) is 5.75 Å². The Morgan fingerprint density at radius 2 is 1.70 bits per heavy atom. The predicted octanol–water partition coefficient (Wildman–Crippen LogP) is 4.36. The first-order valence-corrected chi connectivity index (χ1v) is 9.24. The van der Waals surface area contributed by atoms with Crippen molar-refractivity contribution in [3.05, 3.63) is 62.4 Å². The molecule has 0 heterocycles. The van der Waals surface area contributed by atoms with Crippen molar-refractivity contribution in [2.24, 2.45) is 0 Å². The molecule has 0 aliphatic heterocycles. The molecule has 2 aromatic rings. The fourth-order valence-corrected chi connectivity index (χ4v) is 3.28. The molecule has 0 aliphatic carbocycles. The Morgan fingerprint density at radius 1 is 1.15 bits per heavy atom. The van der Waals surface area contributed by atoms with Crippen LogP contribution in [-0.2, 0) is 6.42 Å². The Kier molecular flexibility index (Phi) is 7.09. The van der Waals surface area contributed by atoms with Crippen LogP contribution in [0.2, 0.25) is 10.0 Å². The van der Waals surface area contributed by atoms with Crippen LogP contribution in [0, 0.1) is 19.7 Å². The van der Waals surface area contributed by atoms with E-state index in [0.29, 0.717) is 13.0 Å². The number of benzene rings is 2. The van der Waals surface area contributed by atoms with E-state index in [-0.39, 0.29) is 27.4 Å². The minimum Gasteiger partial charge on any atom is -0.508 e. The predicted molar refractivity (Wildman–Crippen MR) is 108 cm³/mol. The van der Waals surface area contributed by atoms with E-state index in [0.717, 1.165) is 22.8 Å². The lowest BCUT2D eigenvalue weighted by Crippen LogP contribution is -2.42. The number of likely N-dealkylation sites (N-methyl/N-ethyl adjacent to an activating group) is 1. The number of halogens is 3. The van der Waals surface area contributed by atoms with Crippen LogP contribution < -0.4 is 5.32 Å². The van der Waals surface area contributed by atoms with E-state index in [1.165, 1.54) is 6.07 Å². The zero-order chi connectivity index (χ0) is 20.3. The number of amides is 1. The molecule has 0 fully saturated rings. The third kappa shape index (κ3) is 5.34. The summed E-state index contributed by atoms with van der Waals surface area (Å²) < 4.78 is 14.0. The van der Waals surface area contributed by atoms with E-state index in [2.05, 4.69) is 5.32 Å². The van der Waals surface area contributed by atoms with Crippen LogP contribution in [0.3, 0.4) is 0 Å². The number of nitrogens with zero attached hydrogens (tertiary/aromatic N) is 1. The lowest BCUT2D eigenvalue weighted by atomic mass is 9.95. The molecule has 0 bridgehead atoms. The zero-order valence-electron chi connectivity index (χ0n) is 15.7. The van der Waals surface area contributed by atoms with Gasteiger partial charge in [-0.05, 0) is 75.3 Å².